The number of ether oxygens (including phenoxy) is 1. The first-order valence-corrected chi connectivity index (χ1v) is 6.31. The minimum absolute atomic E-state index is 0.0514. The van der Waals surface area contributed by atoms with Crippen molar-refractivity contribution in [2.45, 2.75) is 19.4 Å². The van der Waals surface area contributed by atoms with E-state index >= 15 is 0 Å². The summed E-state index contributed by atoms with van der Waals surface area (Å²) >= 11 is 5.06. The molecule has 1 saturated heterocycles. The number of thiocarbonyl (C=S) groups is 1. The Morgan fingerprint density at radius 1 is 1.41 bits per heavy atom. The molecule has 0 aromatic carbocycles. The van der Waals surface area contributed by atoms with E-state index in [1.807, 2.05) is 4.90 Å². The summed E-state index contributed by atoms with van der Waals surface area (Å²) in [6.45, 7) is 5.33. The number of amides is 1. The zero-order chi connectivity index (χ0) is 12.8. The Morgan fingerprint density at radius 3 is 2.41 bits per heavy atom. The third kappa shape index (κ3) is 3.90. The minimum atomic E-state index is 0.0514. The molecule has 1 unspecified atom stereocenters. The number of nitrogens with two attached hydrogens (primary N) is 1. The molecule has 1 fully saturated rings. The highest BCUT2D eigenvalue weighted by atomic mass is 32.1. The van der Waals surface area contributed by atoms with Crippen LogP contribution in [0.3, 0.4) is 0 Å². The molecule has 17 heavy (non-hydrogen) atoms. The summed E-state index contributed by atoms with van der Waals surface area (Å²) in [5, 5.41) is 0. The van der Waals surface area contributed by atoms with E-state index < -0.39 is 0 Å². The van der Waals surface area contributed by atoms with Crippen LogP contribution in [0, 0.1) is 0 Å². The first kappa shape index (κ1) is 14.3. The average molecular weight is 259 g/mol. The maximum atomic E-state index is 11.6. The Balaban J connectivity index is 2.44. The second-order valence-corrected chi connectivity index (χ2v) is 4.65. The predicted octanol–water partition coefficient (Wildman–Crippen LogP) is -0.158. The van der Waals surface area contributed by atoms with Crippen molar-refractivity contribution < 1.29 is 9.53 Å². The Morgan fingerprint density at radius 2 is 2.00 bits per heavy atom. The van der Waals surface area contributed by atoms with Crippen LogP contribution in [0.4, 0.5) is 0 Å². The quantitative estimate of drug-likeness (QED) is 0.695. The van der Waals surface area contributed by atoms with E-state index in [4.69, 9.17) is 22.7 Å². The fourth-order valence-electron chi connectivity index (χ4n) is 2.14. The maximum Gasteiger partial charge on any atom is 0.248 e. The summed E-state index contributed by atoms with van der Waals surface area (Å²) in [4.78, 5) is 16.2. The van der Waals surface area contributed by atoms with E-state index in [0.717, 1.165) is 32.6 Å². The highest BCUT2D eigenvalue weighted by Gasteiger charge is 2.26. The second kappa shape index (κ2) is 6.88. The molecule has 98 valence electrons. The molecule has 1 aliphatic rings. The summed E-state index contributed by atoms with van der Waals surface area (Å²) in [6.07, 6.45) is 0.918. The molecule has 0 aliphatic carbocycles. The number of methoxy groups -OCH3 is 1. The molecule has 1 aliphatic heterocycles. The van der Waals surface area contributed by atoms with Gasteiger partial charge < -0.3 is 15.4 Å². The van der Waals surface area contributed by atoms with Crippen molar-refractivity contribution in [3.8, 4) is 0 Å². The van der Waals surface area contributed by atoms with Crippen molar-refractivity contribution in [2.75, 3.05) is 39.9 Å². The van der Waals surface area contributed by atoms with Gasteiger partial charge in [0.1, 0.15) is 6.61 Å². The van der Waals surface area contributed by atoms with E-state index in [1.54, 1.807) is 0 Å². The minimum Gasteiger partial charge on any atom is -0.392 e. The standard InChI is InChI=1S/C11H21N3O2S/c1-3-9(11(12)17)13-4-6-14(7-5-13)10(15)8-16-2/h9H,3-8H2,1-2H3,(H2,12,17). The summed E-state index contributed by atoms with van der Waals surface area (Å²) in [6, 6.07) is 0.157. The molecule has 1 amide bonds. The number of carbonyl (C=O) groups excluding carboxylic acids is 1. The van der Waals surface area contributed by atoms with Crippen molar-refractivity contribution in [1.82, 2.24) is 9.80 Å². The number of nitrogens with zero attached hydrogens (tertiary/aromatic N) is 2. The molecule has 0 saturated carbocycles. The first-order chi connectivity index (χ1) is 8.10. The Labute approximate surface area is 108 Å². The van der Waals surface area contributed by atoms with Gasteiger partial charge >= 0.3 is 0 Å². The highest BCUT2D eigenvalue weighted by molar-refractivity contribution is 7.80. The topological polar surface area (TPSA) is 58.8 Å². The third-order valence-corrected chi connectivity index (χ3v) is 3.36. The van der Waals surface area contributed by atoms with Gasteiger partial charge in [0, 0.05) is 33.3 Å². The lowest BCUT2D eigenvalue weighted by Crippen LogP contribution is -2.55. The van der Waals surface area contributed by atoms with Crippen molar-refractivity contribution in [1.29, 1.82) is 0 Å². The summed E-state index contributed by atoms with van der Waals surface area (Å²) < 4.78 is 4.84. The molecule has 0 aromatic rings. The molecule has 5 nitrogen and oxygen atoms in total. The molecule has 1 atom stereocenters. The van der Waals surface area contributed by atoms with Gasteiger partial charge in [-0.2, -0.15) is 0 Å². The fourth-order valence-corrected chi connectivity index (χ4v) is 2.45. The van der Waals surface area contributed by atoms with Gasteiger partial charge in [0.2, 0.25) is 5.91 Å². The van der Waals surface area contributed by atoms with Crippen LogP contribution in [0.1, 0.15) is 13.3 Å². The van der Waals surface area contributed by atoms with Crippen LogP contribution in [-0.2, 0) is 9.53 Å². The summed E-state index contributed by atoms with van der Waals surface area (Å²) in [5.41, 5.74) is 5.71. The van der Waals surface area contributed by atoms with Gasteiger partial charge in [-0.25, -0.2) is 0 Å². The maximum absolute atomic E-state index is 11.6. The Bertz CT molecular complexity index is 278. The van der Waals surface area contributed by atoms with Crippen LogP contribution >= 0.6 is 12.2 Å². The van der Waals surface area contributed by atoms with Crippen LogP contribution in [0.5, 0.6) is 0 Å². The van der Waals surface area contributed by atoms with E-state index in [9.17, 15) is 4.79 Å². The molecule has 1 heterocycles. The van der Waals surface area contributed by atoms with Crippen LogP contribution in [0.25, 0.3) is 0 Å². The van der Waals surface area contributed by atoms with Crippen molar-refractivity contribution in [3.63, 3.8) is 0 Å². The number of carbonyl (C=O) groups is 1. The normalized spacial score (nSPS) is 19.1. The lowest BCUT2D eigenvalue weighted by atomic mass is 10.1. The summed E-state index contributed by atoms with van der Waals surface area (Å²) in [7, 11) is 1.54. The van der Waals surface area contributed by atoms with Gasteiger partial charge in [0.05, 0.1) is 11.0 Å². The summed E-state index contributed by atoms with van der Waals surface area (Å²) in [5.74, 6) is 0.0514. The number of hydrogen-bond donors (Lipinski definition) is 1. The molecule has 1 rings (SSSR count). The molecule has 0 spiro atoms. The van der Waals surface area contributed by atoms with Gasteiger partial charge in [-0.1, -0.05) is 19.1 Å². The second-order valence-electron chi connectivity index (χ2n) is 4.18. The van der Waals surface area contributed by atoms with Gasteiger partial charge in [-0.05, 0) is 6.42 Å². The third-order valence-electron chi connectivity index (χ3n) is 3.09. The molecule has 0 radical (unpaired) electrons. The number of rotatable bonds is 5. The molecular formula is C11H21N3O2S. The number of hydrogen-bond acceptors (Lipinski definition) is 4. The molecule has 0 aromatic heterocycles. The molecular weight excluding hydrogens is 238 g/mol. The van der Waals surface area contributed by atoms with Gasteiger partial charge in [0.15, 0.2) is 0 Å². The Hall–Kier alpha value is -0.720. The van der Waals surface area contributed by atoms with E-state index in [2.05, 4.69) is 11.8 Å². The van der Waals surface area contributed by atoms with E-state index in [0.29, 0.717) is 4.99 Å². The lowest BCUT2D eigenvalue weighted by molar-refractivity contribution is -0.137. The van der Waals surface area contributed by atoms with Gasteiger partial charge in [-0.15, -0.1) is 0 Å². The van der Waals surface area contributed by atoms with Crippen molar-refractivity contribution >= 4 is 23.1 Å². The smallest absolute Gasteiger partial charge is 0.248 e. The zero-order valence-electron chi connectivity index (χ0n) is 10.5. The predicted molar refractivity (Wildman–Crippen MR) is 70.9 cm³/mol. The van der Waals surface area contributed by atoms with Gasteiger partial charge in [0.25, 0.3) is 0 Å². The SMILES string of the molecule is CCC(C(N)=S)N1CCN(C(=O)COC)CC1. The first-order valence-electron chi connectivity index (χ1n) is 5.90. The number of piperazine rings is 1. The highest BCUT2D eigenvalue weighted by Crippen LogP contribution is 2.10. The van der Waals surface area contributed by atoms with Gasteiger partial charge in [-0.3, -0.25) is 9.69 Å². The van der Waals surface area contributed by atoms with Crippen molar-refractivity contribution in [3.05, 3.63) is 0 Å². The van der Waals surface area contributed by atoms with E-state index in [1.165, 1.54) is 7.11 Å². The lowest BCUT2D eigenvalue weighted by Gasteiger charge is -2.38. The largest absolute Gasteiger partial charge is 0.392 e. The molecule has 0 bridgehead atoms. The average Bonchev–Trinajstić information content (AvgIpc) is 2.30. The van der Waals surface area contributed by atoms with Crippen LogP contribution < -0.4 is 5.73 Å². The van der Waals surface area contributed by atoms with Crippen LogP contribution in [0.2, 0.25) is 0 Å². The molecule has 2 N–H and O–H groups in total. The Kier molecular flexibility index (Phi) is 5.80. The van der Waals surface area contributed by atoms with Crippen molar-refractivity contribution in [2.24, 2.45) is 5.73 Å². The monoisotopic (exact) mass is 259 g/mol. The zero-order valence-corrected chi connectivity index (χ0v) is 11.3. The van der Waals surface area contributed by atoms with Crippen LogP contribution in [-0.4, -0.2) is 66.6 Å². The fraction of sp³-hybridized carbons (Fsp3) is 0.818. The molecule has 6 heteroatoms. The van der Waals surface area contributed by atoms with Crippen LogP contribution in [0.15, 0.2) is 0 Å². The van der Waals surface area contributed by atoms with E-state index in [-0.39, 0.29) is 18.6 Å².